The third-order valence-corrected chi connectivity index (χ3v) is 5.45. The van der Waals surface area contributed by atoms with Crippen molar-refractivity contribution in [2.45, 2.75) is 18.4 Å². The summed E-state index contributed by atoms with van der Waals surface area (Å²) in [5.74, 6) is 0.468. The maximum absolute atomic E-state index is 13.1. The number of carbonyl (C=O) groups excluding carboxylic acids is 1. The van der Waals surface area contributed by atoms with Crippen LogP contribution >= 0.6 is 0 Å². The number of likely N-dealkylation sites (tertiary alicyclic amines) is 1. The largest absolute Gasteiger partial charge is 0.490 e. The highest BCUT2D eigenvalue weighted by Gasteiger charge is 2.35. The van der Waals surface area contributed by atoms with Gasteiger partial charge in [0.2, 0.25) is 5.91 Å². The fourth-order valence-electron chi connectivity index (χ4n) is 3.84. The number of anilines is 1. The van der Waals surface area contributed by atoms with Crippen LogP contribution in [0.15, 0.2) is 48.5 Å². The van der Waals surface area contributed by atoms with Gasteiger partial charge in [0.1, 0.15) is 18.2 Å². The third kappa shape index (κ3) is 3.68. The van der Waals surface area contributed by atoms with Crippen molar-refractivity contribution in [2.24, 2.45) is 0 Å². The topological polar surface area (TPSA) is 53.0 Å². The number of carbonyl (C=O) groups is 1. The Kier molecular flexibility index (Phi) is 4.85. The number of rotatable bonds is 3. The first-order chi connectivity index (χ1) is 13.0. The summed E-state index contributed by atoms with van der Waals surface area (Å²) < 4.78 is 18.7. The first kappa shape index (κ1) is 17.9. The molecule has 6 heteroatoms. The van der Waals surface area contributed by atoms with Crippen LogP contribution in [0.2, 0.25) is 0 Å². The number of benzene rings is 2. The third-order valence-electron chi connectivity index (χ3n) is 5.45. The molecule has 0 unspecified atom stereocenters. The average molecular weight is 370 g/mol. The molecule has 27 heavy (non-hydrogen) atoms. The maximum atomic E-state index is 13.1. The molecule has 0 aliphatic carbocycles. The van der Waals surface area contributed by atoms with E-state index in [0.717, 1.165) is 17.0 Å². The first-order valence-corrected chi connectivity index (χ1v) is 9.28. The van der Waals surface area contributed by atoms with Crippen molar-refractivity contribution in [3.05, 3.63) is 59.9 Å². The van der Waals surface area contributed by atoms with Crippen molar-refractivity contribution in [1.82, 2.24) is 4.90 Å². The Balaban J connectivity index is 1.38. The molecule has 0 bridgehead atoms. The van der Waals surface area contributed by atoms with Gasteiger partial charge in [-0.15, -0.1) is 0 Å². The molecule has 2 aromatic rings. The molecule has 5 nitrogen and oxygen atoms in total. The number of amides is 1. The number of hydrogen-bond acceptors (Lipinski definition) is 4. The second-order valence-electron chi connectivity index (χ2n) is 7.18. The number of nitrogens with zero attached hydrogens (tertiary/aromatic N) is 2. The van der Waals surface area contributed by atoms with Crippen LogP contribution in [0, 0.1) is 5.82 Å². The van der Waals surface area contributed by atoms with Gasteiger partial charge in [0.15, 0.2) is 0 Å². The van der Waals surface area contributed by atoms with E-state index in [1.54, 1.807) is 17.0 Å². The van der Waals surface area contributed by atoms with Crippen LogP contribution in [0.5, 0.6) is 5.75 Å². The number of para-hydroxylation sites is 2. The SMILES string of the molecule is O=C(CN1CCC(O)(c2ccc(F)cc2)CC1)N1CCOc2ccccc21. The minimum atomic E-state index is -0.960. The van der Waals surface area contributed by atoms with Gasteiger partial charge in [-0.25, -0.2) is 4.39 Å². The summed E-state index contributed by atoms with van der Waals surface area (Å²) >= 11 is 0. The van der Waals surface area contributed by atoms with E-state index in [0.29, 0.717) is 45.6 Å². The number of piperidine rings is 1. The Morgan fingerprint density at radius 3 is 2.52 bits per heavy atom. The second kappa shape index (κ2) is 7.29. The summed E-state index contributed by atoms with van der Waals surface area (Å²) in [4.78, 5) is 16.7. The van der Waals surface area contributed by atoms with E-state index in [2.05, 4.69) is 4.90 Å². The van der Waals surface area contributed by atoms with E-state index in [1.807, 2.05) is 24.3 Å². The van der Waals surface area contributed by atoms with Gasteiger partial charge >= 0.3 is 0 Å². The van der Waals surface area contributed by atoms with Crippen LogP contribution in [0.25, 0.3) is 0 Å². The van der Waals surface area contributed by atoms with Gasteiger partial charge in [-0.1, -0.05) is 24.3 Å². The highest BCUT2D eigenvalue weighted by atomic mass is 19.1. The van der Waals surface area contributed by atoms with E-state index in [9.17, 15) is 14.3 Å². The first-order valence-electron chi connectivity index (χ1n) is 9.28. The molecule has 2 aliphatic rings. The van der Waals surface area contributed by atoms with Crippen molar-refractivity contribution in [3.63, 3.8) is 0 Å². The van der Waals surface area contributed by atoms with Gasteiger partial charge in [0.05, 0.1) is 24.4 Å². The number of halogens is 1. The van der Waals surface area contributed by atoms with Crippen molar-refractivity contribution in [2.75, 3.05) is 37.7 Å². The average Bonchev–Trinajstić information content (AvgIpc) is 2.70. The second-order valence-corrected chi connectivity index (χ2v) is 7.18. The minimum Gasteiger partial charge on any atom is -0.490 e. The van der Waals surface area contributed by atoms with Gasteiger partial charge in [0, 0.05) is 13.1 Å². The maximum Gasteiger partial charge on any atom is 0.241 e. The minimum absolute atomic E-state index is 0.0398. The molecule has 0 spiro atoms. The fraction of sp³-hybridized carbons (Fsp3) is 0.381. The summed E-state index contributed by atoms with van der Waals surface area (Å²) in [6, 6.07) is 13.6. The molecule has 142 valence electrons. The van der Waals surface area contributed by atoms with Crippen molar-refractivity contribution < 1.29 is 19.0 Å². The lowest BCUT2D eigenvalue weighted by Crippen LogP contribution is -2.48. The summed E-state index contributed by atoms with van der Waals surface area (Å²) in [7, 11) is 0. The number of aliphatic hydroxyl groups is 1. The van der Waals surface area contributed by atoms with Gasteiger partial charge in [-0.3, -0.25) is 9.69 Å². The Hall–Kier alpha value is -2.44. The van der Waals surface area contributed by atoms with Crippen LogP contribution in [0.3, 0.4) is 0 Å². The van der Waals surface area contributed by atoms with E-state index in [4.69, 9.17) is 4.74 Å². The molecule has 1 N–H and O–H groups in total. The Morgan fingerprint density at radius 2 is 1.78 bits per heavy atom. The smallest absolute Gasteiger partial charge is 0.241 e. The molecule has 1 amide bonds. The van der Waals surface area contributed by atoms with Gasteiger partial charge < -0.3 is 14.7 Å². The molecule has 1 saturated heterocycles. The standard InChI is InChI=1S/C21H23FN2O3/c22-17-7-5-16(6-8-17)21(26)9-11-23(12-10-21)15-20(25)24-13-14-27-19-4-2-1-3-18(19)24/h1-8,26H,9-15H2. The van der Waals surface area contributed by atoms with Crippen molar-refractivity contribution >= 4 is 11.6 Å². The van der Waals surface area contributed by atoms with Crippen molar-refractivity contribution in [3.8, 4) is 5.75 Å². The molecule has 0 aromatic heterocycles. The number of fused-ring (bicyclic) bond motifs is 1. The van der Waals surface area contributed by atoms with Crippen LogP contribution in [-0.2, 0) is 10.4 Å². The van der Waals surface area contributed by atoms with Gasteiger partial charge in [-0.05, 0) is 42.7 Å². The molecule has 2 aromatic carbocycles. The lowest BCUT2D eigenvalue weighted by atomic mass is 9.84. The molecule has 4 rings (SSSR count). The Bertz CT molecular complexity index is 816. The van der Waals surface area contributed by atoms with Crippen LogP contribution in [-0.4, -0.2) is 48.7 Å². The normalized spacial score (nSPS) is 19.3. The van der Waals surface area contributed by atoms with E-state index < -0.39 is 5.60 Å². The molecule has 0 saturated carbocycles. The zero-order valence-corrected chi connectivity index (χ0v) is 15.1. The van der Waals surface area contributed by atoms with Crippen LogP contribution < -0.4 is 9.64 Å². The summed E-state index contributed by atoms with van der Waals surface area (Å²) in [5, 5.41) is 10.9. The van der Waals surface area contributed by atoms with E-state index in [1.165, 1.54) is 12.1 Å². The molecule has 2 heterocycles. The highest BCUT2D eigenvalue weighted by Crippen LogP contribution is 2.34. The highest BCUT2D eigenvalue weighted by molar-refractivity contribution is 5.96. The lowest BCUT2D eigenvalue weighted by Gasteiger charge is -2.39. The Labute approximate surface area is 158 Å². The molecule has 0 radical (unpaired) electrons. The predicted molar refractivity (Wildman–Crippen MR) is 100 cm³/mol. The van der Waals surface area contributed by atoms with E-state index >= 15 is 0 Å². The lowest BCUT2D eigenvalue weighted by molar-refractivity contribution is -0.121. The summed E-state index contributed by atoms with van der Waals surface area (Å²) in [5.41, 5.74) is 0.587. The molecule has 2 aliphatic heterocycles. The quantitative estimate of drug-likeness (QED) is 0.902. The molecular weight excluding hydrogens is 347 g/mol. The van der Waals surface area contributed by atoms with Crippen LogP contribution in [0.1, 0.15) is 18.4 Å². The number of ether oxygens (including phenoxy) is 1. The summed E-state index contributed by atoms with van der Waals surface area (Å²) in [6.45, 7) is 2.58. The van der Waals surface area contributed by atoms with E-state index in [-0.39, 0.29) is 11.7 Å². The molecular formula is C21H23FN2O3. The van der Waals surface area contributed by atoms with Gasteiger partial charge in [0.25, 0.3) is 0 Å². The predicted octanol–water partition coefficient (Wildman–Crippen LogP) is 2.53. The fourth-order valence-corrected chi connectivity index (χ4v) is 3.84. The zero-order chi connectivity index (χ0) is 18.9. The van der Waals surface area contributed by atoms with Gasteiger partial charge in [-0.2, -0.15) is 0 Å². The molecule has 1 fully saturated rings. The molecule has 0 atom stereocenters. The number of hydrogen-bond donors (Lipinski definition) is 1. The monoisotopic (exact) mass is 370 g/mol. The summed E-state index contributed by atoms with van der Waals surface area (Å²) in [6.07, 6.45) is 1.04. The zero-order valence-electron chi connectivity index (χ0n) is 15.1. The van der Waals surface area contributed by atoms with Crippen molar-refractivity contribution in [1.29, 1.82) is 0 Å². The Morgan fingerprint density at radius 1 is 1.07 bits per heavy atom. The van der Waals surface area contributed by atoms with Crippen LogP contribution in [0.4, 0.5) is 10.1 Å².